The van der Waals surface area contributed by atoms with Crippen LogP contribution < -0.4 is 5.73 Å². The zero-order valence-electron chi connectivity index (χ0n) is 11.5. The van der Waals surface area contributed by atoms with E-state index in [4.69, 9.17) is 5.73 Å². The average Bonchev–Trinajstić information content (AvgIpc) is 2.90. The Morgan fingerprint density at radius 1 is 1.43 bits per heavy atom. The highest BCUT2D eigenvalue weighted by atomic mass is 127. The number of carbonyl (C=O) groups is 2. The molecule has 0 fully saturated rings. The van der Waals surface area contributed by atoms with Crippen molar-refractivity contribution in [2.45, 2.75) is 6.04 Å². The number of nitrogens with two attached hydrogens (primary N) is 1. The number of hydrogen-bond acceptors (Lipinski definition) is 4. The molecule has 0 bridgehead atoms. The number of benzene rings is 1. The smallest absolute Gasteiger partial charge is 0.251 e. The highest BCUT2D eigenvalue weighted by molar-refractivity contribution is 14.2. The molecule has 1 aliphatic rings. The first-order chi connectivity index (χ1) is 10.0. The predicted octanol–water partition coefficient (Wildman–Crippen LogP) is 1.91. The number of amides is 2. The molecular weight excluding hydrogens is 401 g/mol. The summed E-state index contributed by atoms with van der Waals surface area (Å²) in [5.74, 6) is -0.670. The fourth-order valence-corrected chi connectivity index (χ4v) is 3.95. The third kappa shape index (κ3) is 3.78. The van der Waals surface area contributed by atoms with Gasteiger partial charge in [-0.3, -0.25) is 9.59 Å². The van der Waals surface area contributed by atoms with Crippen LogP contribution in [0.25, 0.3) is 0 Å². The van der Waals surface area contributed by atoms with Crippen LogP contribution in [-0.2, 0) is 9.59 Å². The van der Waals surface area contributed by atoms with Crippen molar-refractivity contribution in [1.82, 2.24) is 9.21 Å². The maximum Gasteiger partial charge on any atom is 0.251 e. The van der Waals surface area contributed by atoms with Gasteiger partial charge in [-0.2, -0.15) is 0 Å². The number of carbonyl (C=O) groups excluding carboxylic acids is 2. The molecule has 2 amide bonds. The van der Waals surface area contributed by atoms with Crippen LogP contribution in [0.15, 0.2) is 42.0 Å². The van der Waals surface area contributed by atoms with Crippen LogP contribution in [0.2, 0.25) is 0 Å². The summed E-state index contributed by atoms with van der Waals surface area (Å²) in [5, 5.41) is 0. The Hall–Kier alpha value is -1.06. The largest absolute Gasteiger partial charge is 0.368 e. The summed E-state index contributed by atoms with van der Waals surface area (Å²) < 4.78 is 2.13. The first-order valence-corrected chi connectivity index (χ1v) is 9.70. The highest BCUT2D eigenvalue weighted by Crippen LogP contribution is 2.40. The number of primary amides is 1. The minimum Gasteiger partial charge on any atom is -0.368 e. The molecule has 1 heterocycles. The summed E-state index contributed by atoms with van der Waals surface area (Å²) in [6, 6.07) is 9.77. The fourth-order valence-electron chi connectivity index (χ4n) is 2.34. The van der Waals surface area contributed by atoms with Gasteiger partial charge in [0.25, 0.3) is 5.91 Å². The van der Waals surface area contributed by atoms with Gasteiger partial charge in [-0.25, -0.2) is 4.31 Å². The number of nitrogens with zero attached hydrogens (tertiary/aromatic N) is 2. The molecular formula is C14H16IN3O2S. The van der Waals surface area contributed by atoms with Crippen molar-refractivity contribution in [3.8, 4) is 0 Å². The van der Waals surface area contributed by atoms with Crippen LogP contribution in [0, 0.1) is 0 Å². The van der Waals surface area contributed by atoms with Gasteiger partial charge in [0, 0.05) is 40.4 Å². The molecule has 0 aliphatic carbocycles. The van der Waals surface area contributed by atoms with E-state index in [0.717, 1.165) is 5.56 Å². The number of rotatable bonds is 5. The van der Waals surface area contributed by atoms with Crippen LogP contribution in [0.4, 0.5) is 0 Å². The lowest BCUT2D eigenvalue weighted by molar-refractivity contribution is -0.131. The summed E-state index contributed by atoms with van der Waals surface area (Å²) in [6.07, 6.45) is 1.92. The Labute approximate surface area is 140 Å². The van der Waals surface area contributed by atoms with Crippen molar-refractivity contribution >= 4 is 42.1 Å². The zero-order valence-corrected chi connectivity index (χ0v) is 14.5. The SMILES string of the molecule is CN(CC(N)=O)C(=O)C1=CCN(SI)C1c1ccccc1. The Bertz CT molecular complexity index is 565. The monoisotopic (exact) mass is 417 g/mol. The average molecular weight is 417 g/mol. The second kappa shape index (κ2) is 7.28. The highest BCUT2D eigenvalue weighted by Gasteiger charge is 2.34. The van der Waals surface area contributed by atoms with E-state index in [-0.39, 0.29) is 18.5 Å². The molecule has 0 spiro atoms. The summed E-state index contributed by atoms with van der Waals surface area (Å²) in [7, 11) is 3.16. The first kappa shape index (κ1) is 16.3. The number of hydrogen-bond donors (Lipinski definition) is 1. The molecule has 2 rings (SSSR count). The third-order valence-corrected chi connectivity index (χ3v) is 5.32. The van der Waals surface area contributed by atoms with Gasteiger partial charge in [-0.1, -0.05) is 36.4 Å². The topological polar surface area (TPSA) is 66.6 Å². The van der Waals surface area contributed by atoms with E-state index in [0.29, 0.717) is 12.1 Å². The summed E-state index contributed by atoms with van der Waals surface area (Å²) in [6.45, 7) is 0.619. The Kier molecular flexibility index (Phi) is 5.65. The normalized spacial score (nSPS) is 18.4. The van der Waals surface area contributed by atoms with Gasteiger partial charge in [0.05, 0.1) is 12.6 Å². The fraction of sp³-hybridized carbons (Fsp3) is 0.286. The molecule has 1 aliphatic heterocycles. The van der Waals surface area contributed by atoms with Crippen LogP contribution in [0.1, 0.15) is 11.6 Å². The van der Waals surface area contributed by atoms with Gasteiger partial charge in [0.15, 0.2) is 0 Å². The maximum atomic E-state index is 12.5. The molecule has 7 heteroatoms. The van der Waals surface area contributed by atoms with Crippen molar-refractivity contribution in [2.75, 3.05) is 20.1 Å². The van der Waals surface area contributed by atoms with Crippen molar-refractivity contribution in [1.29, 1.82) is 0 Å². The van der Waals surface area contributed by atoms with Gasteiger partial charge >= 0.3 is 0 Å². The van der Waals surface area contributed by atoms with Gasteiger partial charge in [0.1, 0.15) is 0 Å². The van der Waals surface area contributed by atoms with Crippen LogP contribution in [0.5, 0.6) is 0 Å². The van der Waals surface area contributed by atoms with E-state index in [1.54, 1.807) is 16.2 Å². The Morgan fingerprint density at radius 3 is 2.67 bits per heavy atom. The van der Waals surface area contributed by atoms with E-state index >= 15 is 0 Å². The molecule has 0 saturated carbocycles. The van der Waals surface area contributed by atoms with E-state index in [2.05, 4.69) is 25.5 Å². The minimum atomic E-state index is -0.513. The predicted molar refractivity (Wildman–Crippen MR) is 92.4 cm³/mol. The van der Waals surface area contributed by atoms with Crippen molar-refractivity contribution in [2.24, 2.45) is 5.73 Å². The molecule has 5 nitrogen and oxygen atoms in total. The van der Waals surface area contributed by atoms with E-state index in [1.165, 1.54) is 4.90 Å². The van der Waals surface area contributed by atoms with Gasteiger partial charge < -0.3 is 10.6 Å². The van der Waals surface area contributed by atoms with Crippen LogP contribution >= 0.6 is 30.3 Å². The molecule has 2 N–H and O–H groups in total. The van der Waals surface area contributed by atoms with Crippen molar-refractivity contribution in [3.63, 3.8) is 0 Å². The van der Waals surface area contributed by atoms with Gasteiger partial charge in [-0.05, 0) is 14.7 Å². The summed E-state index contributed by atoms with van der Waals surface area (Å²) in [4.78, 5) is 24.9. The summed E-state index contributed by atoms with van der Waals surface area (Å²) in [5.41, 5.74) is 6.91. The molecule has 0 aromatic heterocycles. The maximum absolute atomic E-state index is 12.5. The molecule has 1 atom stereocenters. The third-order valence-electron chi connectivity index (χ3n) is 3.26. The van der Waals surface area contributed by atoms with E-state index in [9.17, 15) is 9.59 Å². The Balaban J connectivity index is 2.25. The molecule has 112 valence electrons. The zero-order chi connectivity index (χ0) is 15.4. The number of likely N-dealkylation sites (N-methyl/N-ethyl adjacent to an activating group) is 1. The molecule has 0 saturated heterocycles. The van der Waals surface area contributed by atoms with Crippen molar-refractivity contribution in [3.05, 3.63) is 47.5 Å². The summed E-state index contributed by atoms with van der Waals surface area (Å²) >= 11 is 2.21. The molecule has 21 heavy (non-hydrogen) atoms. The number of halogens is 1. The molecule has 1 aromatic carbocycles. The Morgan fingerprint density at radius 2 is 2.10 bits per heavy atom. The van der Waals surface area contributed by atoms with Crippen molar-refractivity contribution < 1.29 is 9.59 Å². The van der Waals surface area contributed by atoms with E-state index in [1.807, 2.05) is 36.4 Å². The second-order valence-corrected chi connectivity index (χ2v) is 6.56. The lowest BCUT2D eigenvalue weighted by atomic mass is 10.00. The lowest BCUT2D eigenvalue weighted by Gasteiger charge is -2.26. The molecule has 1 unspecified atom stereocenters. The van der Waals surface area contributed by atoms with E-state index < -0.39 is 5.91 Å². The van der Waals surface area contributed by atoms with Gasteiger partial charge in [-0.15, -0.1) is 0 Å². The minimum absolute atomic E-state index is 0.0743. The standard InChI is InChI=1S/C14H16IN3O2S/c1-17(9-12(16)19)14(20)11-7-8-18(21-15)13(11)10-5-3-2-4-6-10/h2-7,13H,8-9H2,1H3,(H2,16,19). The van der Waals surface area contributed by atoms with Gasteiger partial charge in [0.2, 0.25) is 5.91 Å². The van der Waals surface area contributed by atoms with Crippen LogP contribution in [0.3, 0.4) is 0 Å². The molecule has 0 radical (unpaired) electrons. The lowest BCUT2D eigenvalue weighted by Crippen LogP contribution is -2.37. The second-order valence-electron chi connectivity index (χ2n) is 4.77. The van der Waals surface area contributed by atoms with Crippen LogP contribution in [-0.4, -0.2) is 41.2 Å². The quantitative estimate of drug-likeness (QED) is 0.587. The molecule has 1 aromatic rings. The first-order valence-electron chi connectivity index (χ1n) is 6.38.